The predicted molar refractivity (Wildman–Crippen MR) is 82.8 cm³/mol. The molecule has 4 nitrogen and oxygen atoms in total. The third-order valence-electron chi connectivity index (χ3n) is 3.28. The number of benzene rings is 1. The Labute approximate surface area is 131 Å². The smallest absolute Gasteiger partial charge is 0.239 e. The molecular weight excluding hydrogens is 303 g/mol. The number of aromatic nitrogens is 2. The predicted octanol–water partition coefficient (Wildman–Crippen LogP) is 4.77. The Kier molecular flexibility index (Phi) is 4.29. The number of hydrogen-bond donors (Lipinski definition) is 0. The van der Waals surface area contributed by atoms with E-state index in [1.807, 2.05) is 19.1 Å². The second-order valence-corrected chi connectivity index (χ2v) is 6.28. The third-order valence-corrected chi connectivity index (χ3v) is 4.43. The van der Waals surface area contributed by atoms with Crippen molar-refractivity contribution in [2.24, 2.45) is 0 Å². The monoisotopic (exact) mass is 318 g/mol. The maximum Gasteiger partial charge on any atom is 0.239 e. The zero-order valence-electron chi connectivity index (χ0n) is 12.2. The average Bonchev–Trinajstić information content (AvgIpc) is 3.18. The molecule has 0 aliphatic rings. The van der Waals surface area contributed by atoms with Crippen molar-refractivity contribution in [2.75, 3.05) is 0 Å². The summed E-state index contributed by atoms with van der Waals surface area (Å²) in [5, 5.41) is 3.96. The molecule has 0 spiro atoms. The summed E-state index contributed by atoms with van der Waals surface area (Å²) in [7, 11) is 0. The molecule has 2 aromatic heterocycles. The van der Waals surface area contributed by atoms with Crippen LogP contribution in [0.5, 0.6) is 0 Å². The van der Waals surface area contributed by atoms with Gasteiger partial charge in [-0.15, -0.1) is 11.8 Å². The van der Waals surface area contributed by atoms with E-state index in [-0.39, 0.29) is 11.1 Å². The maximum atomic E-state index is 13.6. The van der Waals surface area contributed by atoms with Crippen LogP contribution >= 0.6 is 11.8 Å². The van der Waals surface area contributed by atoms with E-state index < -0.39 is 0 Å². The largest absolute Gasteiger partial charge is 0.468 e. The van der Waals surface area contributed by atoms with Crippen molar-refractivity contribution in [1.29, 1.82) is 0 Å². The van der Waals surface area contributed by atoms with Crippen molar-refractivity contribution < 1.29 is 13.3 Å². The van der Waals surface area contributed by atoms with Crippen LogP contribution < -0.4 is 0 Å². The van der Waals surface area contributed by atoms with Gasteiger partial charge in [0.25, 0.3) is 0 Å². The Morgan fingerprint density at radius 2 is 2.18 bits per heavy atom. The molecule has 0 bridgehead atoms. The Hall–Kier alpha value is -2.08. The molecule has 0 aliphatic heterocycles. The number of aryl methyl sites for hydroxylation is 1. The first-order valence-electron chi connectivity index (χ1n) is 6.87. The van der Waals surface area contributed by atoms with Gasteiger partial charge in [0.05, 0.1) is 17.3 Å². The van der Waals surface area contributed by atoms with Crippen LogP contribution in [0.3, 0.4) is 0 Å². The highest BCUT2D eigenvalue weighted by Crippen LogP contribution is 2.31. The maximum absolute atomic E-state index is 13.6. The van der Waals surface area contributed by atoms with Gasteiger partial charge in [-0.2, -0.15) is 4.98 Å². The van der Waals surface area contributed by atoms with E-state index in [9.17, 15) is 4.39 Å². The molecule has 114 valence electrons. The van der Waals surface area contributed by atoms with E-state index in [0.29, 0.717) is 22.8 Å². The first-order valence-corrected chi connectivity index (χ1v) is 7.92. The number of thioether (sulfide) groups is 1. The fourth-order valence-corrected chi connectivity index (χ4v) is 2.74. The molecule has 0 aliphatic carbocycles. The van der Waals surface area contributed by atoms with Crippen molar-refractivity contribution in [3.63, 3.8) is 0 Å². The van der Waals surface area contributed by atoms with E-state index >= 15 is 0 Å². The van der Waals surface area contributed by atoms with Gasteiger partial charge in [0.1, 0.15) is 11.6 Å². The molecule has 1 atom stereocenters. The van der Waals surface area contributed by atoms with Gasteiger partial charge < -0.3 is 8.94 Å². The van der Waals surface area contributed by atoms with Crippen LogP contribution in [0, 0.1) is 12.7 Å². The first kappa shape index (κ1) is 14.8. The van der Waals surface area contributed by atoms with Gasteiger partial charge in [0, 0.05) is 5.56 Å². The van der Waals surface area contributed by atoms with Crippen molar-refractivity contribution >= 4 is 11.8 Å². The number of rotatable bonds is 5. The third kappa shape index (κ3) is 3.22. The van der Waals surface area contributed by atoms with Crippen LogP contribution in [0.4, 0.5) is 4.39 Å². The lowest BCUT2D eigenvalue weighted by molar-refractivity contribution is 0.380. The fourth-order valence-electron chi connectivity index (χ4n) is 1.92. The van der Waals surface area contributed by atoms with Gasteiger partial charge in [-0.05, 0) is 37.6 Å². The van der Waals surface area contributed by atoms with Crippen LogP contribution in [0.15, 0.2) is 45.5 Å². The first-order chi connectivity index (χ1) is 10.6. The van der Waals surface area contributed by atoms with Crippen molar-refractivity contribution in [1.82, 2.24) is 10.1 Å². The molecule has 1 unspecified atom stereocenters. The molecule has 0 N–H and O–H groups in total. The lowest BCUT2D eigenvalue weighted by Gasteiger charge is -2.04. The van der Waals surface area contributed by atoms with Gasteiger partial charge >= 0.3 is 0 Å². The van der Waals surface area contributed by atoms with Crippen LogP contribution in [0.2, 0.25) is 0 Å². The minimum absolute atomic E-state index is 0.0293. The summed E-state index contributed by atoms with van der Waals surface area (Å²) in [6, 6.07) is 8.69. The summed E-state index contributed by atoms with van der Waals surface area (Å²) in [6.45, 7) is 3.70. The highest BCUT2D eigenvalue weighted by molar-refractivity contribution is 7.98. The molecule has 0 radical (unpaired) electrons. The molecule has 0 saturated carbocycles. The van der Waals surface area contributed by atoms with Crippen molar-refractivity contribution in [2.45, 2.75) is 24.9 Å². The minimum atomic E-state index is -0.274. The molecule has 1 aromatic carbocycles. The topological polar surface area (TPSA) is 52.1 Å². The molecule has 3 aromatic rings. The number of halogens is 1. The van der Waals surface area contributed by atoms with E-state index in [1.54, 1.807) is 37.1 Å². The molecular formula is C16H15FN2O2S. The Balaban J connectivity index is 1.71. The SMILES string of the molecule is Cc1ccc(-c2noc(C(C)SCc3ccco3)n2)cc1F. The lowest BCUT2D eigenvalue weighted by Crippen LogP contribution is -1.90. The summed E-state index contributed by atoms with van der Waals surface area (Å²) in [5.74, 6) is 2.28. The van der Waals surface area contributed by atoms with Gasteiger partial charge in [-0.3, -0.25) is 0 Å². The zero-order chi connectivity index (χ0) is 15.5. The van der Waals surface area contributed by atoms with E-state index in [1.165, 1.54) is 6.07 Å². The van der Waals surface area contributed by atoms with Gasteiger partial charge in [0.2, 0.25) is 11.7 Å². The highest BCUT2D eigenvalue weighted by Gasteiger charge is 2.16. The molecule has 3 rings (SSSR count). The van der Waals surface area contributed by atoms with E-state index in [2.05, 4.69) is 10.1 Å². The van der Waals surface area contributed by atoms with Crippen molar-refractivity contribution in [3.05, 3.63) is 59.6 Å². The summed E-state index contributed by atoms with van der Waals surface area (Å²) >= 11 is 1.64. The molecule has 0 saturated heterocycles. The van der Waals surface area contributed by atoms with Gasteiger partial charge in [-0.1, -0.05) is 17.3 Å². The van der Waals surface area contributed by atoms with Crippen LogP contribution in [0.1, 0.15) is 29.4 Å². The van der Waals surface area contributed by atoms with Crippen LogP contribution in [0.25, 0.3) is 11.4 Å². The zero-order valence-corrected chi connectivity index (χ0v) is 13.1. The standard InChI is InChI=1S/C16H15FN2O2S/c1-10-5-6-12(8-14(10)17)15-18-16(21-19-15)11(2)22-9-13-4-3-7-20-13/h3-8,11H,9H2,1-2H3. The lowest BCUT2D eigenvalue weighted by atomic mass is 10.1. The molecule has 0 amide bonds. The van der Waals surface area contributed by atoms with Gasteiger partial charge in [-0.25, -0.2) is 4.39 Å². The second kappa shape index (κ2) is 6.36. The van der Waals surface area contributed by atoms with Crippen molar-refractivity contribution in [3.8, 4) is 11.4 Å². The molecule has 0 fully saturated rings. The summed E-state index contributed by atoms with van der Waals surface area (Å²) in [6.07, 6.45) is 1.65. The number of furan rings is 1. The normalized spacial score (nSPS) is 12.5. The Bertz CT molecular complexity index is 755. The number of hydrogen-bond acceptors (Lipinski definition) is 5. The summed E-state index contributed by atoms with van der Waals surface area (Å²) < 4.78 is 24.2. The summed E-state index contributed by atoms with van der Waals surface area (Å²) in [5.41, 5.74) is 1.20. The summed E-state index contributed by atoms with van der Waals surface area (Å²) in [4.78, 5) is 4.36. The van der Waals surface area contributed by atoms with Crippen LogP contribution in [-0.2, 0) is 5.75 Å². The molecule has 6 heteroatoms. The fraction of sp³-hybridized carbons (Fsp3) is 0.250. The highest BCUT2D eigenvalue weighted by atomic mass is 32.2. The Morgan fingerprint density at radius 1 is 1.32 bits per heavy atom. The van der Waals surface area contributed by atoms with Crippen LogP contribution in [-0.4, -0.2) is 10.1 Å². The van der Waals surface area contributed by atoms with Gasteiger partial charge in [0.15, 0.2) is 0 Å². The quantitative estimate of drug-likeness (QED) is 0.678. The molecule has 22 heavy (non-hydrogen) atoms. The minimum Gasteiger partial charge on any atom is -0.468 e. The van der Waals surface area contributed by atoms with E-state index in [4.69, 9.17) is 8.94 Å². The van der Waals surface area contributed by atoms with E-state index in [0.717, 1.165) is 11.5 Å². The Morgan fingerprint density at radius 3 is 2.91 bits per heavy atom. The molecule has 2 heterocycles. The second-order valence-electron chi connectivity index (χ2n) is 4.95. The average molecular weight is 318 g/mol. The number of nitrogens with zero attached hydrogens (tertiary/aromatic N) is 2.